The molecule has 0 saturated carbocycles. The van der Waals surface area contributed by atoms with Crippen LogP contribution in [0.4, 0.5) is 0 Å². The molecule has 0 aliphatic carbocycles. The van der Waals surface area contributed by atoms with Gasteiger partial charge in [-0.2, -0.15) is 0 Å². The van der Waals surface area contributed by atoms with Gasteiger partial charge in [0, 0.05) is 10.6 Å². The normalized spacial score (nSPS) is 15.2. The number of hydrogen-bond acceptors (Lipinski definition) is 6. The lowest BCUT2D eigenvalue weighted by molar-refractivity contribution is -0.138. The Bertz CT molecular complexity index is 1700. The minimum absolute atomic E-state index is 0.0693. The van der Waals surface area contributed by atoms with E-state index >= 15 is 0 Å². The van der Waals surface area contributed by atoms with Gasteiger partial charge in [0.2, 0.25) is 0 Å². The fourth-order valence-electron chi connectivity index (χ4n) is 4.47. The van der Waals surface area contributed by atoms with Gasteiger partial charge in [-0.05, 0) is 62.2 Å². The van der Waals surface area contributed by atoms with Gasteiger partial charge in [0.25, 0.3) is 5.56 Å². The molecule has 198 valence electrons. The van der Waals surface area contributed by atoms with Crippen molar-refractivity contribution in [1.82, 2.24) is 4.57 Å². The summed E-state index contributed by atoms with van der Waals surface area (Å²) in [6.07, 6.45) is 1.90. The van der Waals surface area contributed by atoms with Gasteiger partial charge in [-0.3, -0.25) is 9.36 Å². The van der Waals surface area contributed by atoms with Crippen LogP contribution in [0, 0.1) is 0 Å². The second kappa shape index (κ2) is 11.4. The topological polar surface area (TPSA) is 69.9 Å². The Morgan fingerprint density at radius 3 is 2.38 bits per heavy atom. The minimum Gasteiger partial charge on any atom is -0.491 e. The molecule has 1 atom stereocenters. The molecule has 0 bridgehead atoms. The smallest absolute Gasteiger partial charge is 0.338 e. The summed E-state index contributed by atoms with van der Waals surface area (Å²) in [6.45, 7) is 5.89. The van der Waals surface area contributed by atoms with Gasteiger partial charge in [0.15, 0.2) is 4.80 Å². The van der Waals surface area contributed by atoms with E-state index in [1.54, 1.807) is 23.6 Å². The number of carbonyl (C=O) groups is 1. The molecule has 1 aliphatic rings. The summed E-state index contributed by atoms with van der Waals surface area (Å²) < 4.78 is 13.3. The molecule has 1 aliphatic heterocycles. The molecule has 8 heteroatoms. The number of benzene rings is 3. The molecule has 0 fully saturated rings. The molecule has 0 unspecified atom stereocenters. The fourth-order valence-corrected chi connectivity index (χ4v) is 5.59. The number of esters is 1. The van der Waals surface area contributed by atoms with E-state index in [9.17, 15) is 9.59 Å². The lowest BCUT2D eigenvalue weighted by atomic mass is 9.93. The predicted octanol–water partition coefficient (Wildman–Crippen LogP) is 5.38. The van der Waals surface area contributed by atoms with Crippen molar-refractivity contribution in [2.45, 2.75) is 32.9 Å². The van der Waals surface area contributed by atoms with Crippen LogP contribution in [0.5, 0.6) is 5.75 Å². The lowest BCUT2D eigenvalue weighted by Crippen LogP contribution is -2.40. The van der Waals surface area contributed by atoms with Crippen molar-refractivity contribution in [3.05, 3.63) is 126 Å². The molecule has 2 heterocycles. The quantitative estimate of drug-likeness (QED) is 0.286. The highest BCUT2D eigenvalue weighted by atomic mass is 35.5. The highest BCUT2D eigenvalue weighted by molar-refractivity contribution is 7.07. The third-order valence-electron chi connectivity index (χ3n) is 6.11. The van der Waals surface area contributed by atoms with Crippen LogP contribution in [0.15, 0.2) is 94.2 Å². The second-order valence-corrected chi connectivity index (χ2v) is 10.7. The van der Waals surface area contributed by atoms with Crippen LogP contribution in [-0.2, 0) is 9.53 Å². The number of aromatic nitrogens is 1. The van der Waals surface area contributed by atoms with Gasteiger partial charge in [0.05, 0.1) is 34.6 Å². The Kier molecular flexibility index (Phi) is 7.82. The second-order valence-electron chi connectivity index (χ2n) is 9.22. The first-order valence-corrected chi connectivity index (χ1v) is 13.9. The van der Waals surface area contributed by atoms with Crippen molar-refractivity contribution in [1.29, 1.82) is 0 Å². The van der Waals surface area contributed by atoms with Crippen molar-refractivity contribution >= 4 is 40.7 Å². The predicted molar refractivity (Wildman–Crippen MR) is 155 cm³/mol. The first kappa shape index (κ1) is 26.7. The number of rotatable bonds is 7. The maximum Gasteiger partial charge on any atom is 0.338 e. The Hall–Kier alpha value is -3.94. The summed E-state index contributed by atoms with van der Waals surface area (Å²) >= 11 is 7.47. The SMILES string of the molecule is CCOC(=O)C1=C(c2ccccc2)N=c2s/c(=C\c3ccc(OC(C)C)cc3)c(=O)n2[C@H]1c1ccc(Cl)cc1. The van der Waals surface area contributed by atoms with Crippen molar-refractivity contribution in [2.75, 3.05) is 6.61 Å². The zero-order valence-corrected chi connectivity index (χ0v) is 23.3. The van der Waals surface area contributed by atoms with Gasteiger partial charge in [-0.1, -0.05) is 77.5 Å². The number of halogens is 1. The molecule has 0 spiro atoms. The molecule has 3 aromatic carbocycles. The molecule has 4 aromatic rings. The highest BCUT2D eigenvalue weighted by Gasteiger charge is 2.35. The first-order chi connectivity index (χ1) is 18.9. The standard InChI is InChI=1S/C31H27ClN2O4S/c1-4-37-30(36)26-27(21-8-6-5-7-9-21)33-31-34(28(26)22-12-14-23(32)15-13-22)29(35)25(39-31)18-20-10-16-24(17-11-20)38-19(2)3/h5-19,28H,4H2,1-3H3/b25-18-/t28-/m0/s1. The van der Waals surface area contributed by atoms with Crippen LogP contribution in [0.25, 0.3) is 11.8 Å². The lowest BCUT2D eigenvalue weighted by Gasteiger charge is -2.25. The van der Waals surface area contributed by atoms with Crippen molar-refractivity contribution in [3.63, 3.8) is 0 Å². The van der Waals surface area contributed by atoms with Crippen molar-refractivity contribution in [3.8, 4) is 5.75 Å². The van der Waals surface area contributed by atoms with E-state index < -0.39 is 12.0 Å². The van der Waals surface area contributed by atoms with Crippen molar-refractivity contribution in [2.24, 2.45) is 4.99 Å². The zero-order chi connectivity index (χ0) is 27.5. The largest absolute Gasteiger partial charge is 0.491 e. The number of ether oxygens (including phenoxy) is 2. The molecular formula is C31H27ClN2O4S. The van der Waals surface area contributed by atoms with Crippen LogP contribution in [-0.4, -0.2) is 23.2 Å². The number of nitrogens with zero attached hydrogens (tertiary/aromatic N) is 2. The minimum atomic E-state index is -0.739. The van der Waals surface area contributed by atoms with Crippen LogP contribution >= 0.6 is 22.9 Å². The highest BCUT2D eigenvalue weighted by Crippen LogP contribution is 2.35. The first-order valence-electron chi connectivity index (χ1n) is 12.7. The summed E-state index contributed by atoms with van der Waals surface area (Å²) in [5, 5.41) is 0.556. The molecule has 5 rings (SSSR count). The van der Waals surface area contributed by atoms with Crippen LogP contribution in [0.1, 0.15) is 43.5 Å². The number of hydrogen-bond donors (Lipinski definition) is 0. The van der Waals surface area contributed by atoms with Crippen LogP contribution in [0.3, 0.4) is 0 Å². The van der Waals surface area contributed by atoms with E-state index in [0.717, 1.165) is 22.4 Å². The summed E-state index contributed by atoms with van der Waals surface area (Å²) in [5.74, 6) is 0.244. The molecule has 0 radical (unpaired) electrons. The van der Waals surface area contributed by atoms with Gasteiger partial charge in [0.1, 0.15) is 5.75 Å². The van der Waals surface area contributed by atoms with E-state index in [-0.39, 0.29) is 18.3 Å². The van der Waals surface area contributed by atoms with Gasteiger partial charge in [-0.15, -0.1) is 0 Å². The Morgan fingerprint density at radius 2 is 1.74 bits per heavy atom. The number of thiazole rings is 1. The van der Waals surface area contributed by atoms with E-state index in [1.165, 1.54) is 11.3 Å². The molecule has 1 aromatic heterocycles. The third-order valence-corrected chi connectivity index (χ3v) is 7.34. The molecular weight excluding hydrogens is 532 g/mol. The Morgan fingerprint density at radius 1 is 1.05 bits per heavy atom. The average molecular weight is 559 g/mol. The summed E-state index contributed by atoms with van der Waals surface area (Å²) in [7, 11) is 0. The van der Waals surface area contributed by atoms with Crippen LogP contribution in [0.2, 0.25) is 5.02 Å². The average Bonchev–Trinajstić information content (AvgIpc) is 3.24. The Balaban J connectivity index is 1.74. The van der Waals surface area contributed by atoms with Gasteiger partial charge < -0.3 is 9.47 Å². The summed E-state index contributed by atoms with van der Waals surface area (Å²) in [6, 6.07) is 23.5. The molecule has 6 nitrogen and oxygen atoms in total. The summed E-state index contributed by atoms with van der Waals surface area (Å²) in [4.78, 5) is 32.7. The molecule has 0 amide bonds. The van der Waals surface area contributed by atoms with Crippen molar-refractivity contribution < 1.29 is 14.3 Å². The van der Waals surface area contributed by atoms with E-state index in [4.69, 9.17) is 26.1 Å². The fraction of sp³-hybridized carbons (Fsp3) is 0.194. The van der Waals surface area contributed by atoms with Gasteiger partial charge in [-0.25, -0.2) is 9.79 Å². The van der Waals surface area contributed by atoms with E-state index in [2.05, 4.69) is 0 Å². The number of fused-ring (bicyclic) bond motifs is 1. The number of carbonyl (C=O) groups excluding carboxylic acids is 1. The monoisotopic (exact) mass is 558 g/mol. The summed E-state index contributed by atoms with van der Waals surface area (Å²) in [5.41, 5.74) is 2.89. The third kappa shape index (κ3) is 5.60. The maximum atomic E-state index is 13.9. The zero-order valence-electron chi connectivity index (χ0n) is 21.8. The molecule has 0 N–H and O–H groups in total. The Labute approximate surface area is 235 Å². The van der Waals surface area contributed by atoms with E-state index in [0.29, 0.717) is 25.6 Å². The molecule has 0 saturated heterocycles. The molecule has 39 heavy (non-hydrogen) atoms. The maximum absolute atomic E-state index is 13.9. The van der Waals surface area contributed by atoms with Gasteiger partial charge >= 0.3 is 5.97 Å². The van der Waals surface area contributed by atoms with Crippen LogP contribution < -0.4 is 19.6 Å². The van der Waals surface area contributed by atoms with E-state index in [1.807, 2.05) is 86.7 Å².